The van der Waals surface area contributed by atoms with E-state index in [0.29, 0.717) is 25.2 Å². The number of piperazine rings is 1. The van der Waals surface area contributed by atoms with E-state index in [1.807, 2.05) is 14.0 Å². The van der Waals surface area contributed by atoms with Gasteiger partial charge in [-0.1, -0.05) is 11.8 Å². The van der Waals surface area contributed by atoms with Crippen molar-refractivity contribution in [1.82, 2.24) is 14.2 Å². The van der Waals surface area contributed by atoms with Crippen LogP contribution < -0.4 is 0 Å². The molecule has 0 amide bonds. The Hall–Kier alpha value is -1.46. The van der Waals surface area contributed by atoms with Crippen LogP contribution in [0.2, 0.25) is 0 Å². The summed E-state index contributed by atoms with van der Waals surface area (Å²) in [5, 5.41) is 8.69. The van der Waals surface area contributed by atoms with E-state index in [-0.39, 0.29) is 17.5 Å². The summed E-state index contributed by atoms with van der Waals surface area (Å²) in [5.41, 5.74) is 0.479. The van der Waals surface area contributed by atoms with E-state index < -0.39 is 10.0 Å². The van der Waals surface area contributed by atoms with Gasteiger partial charge < -0.3 is 10.0 Å². The molecule has 7 heteroatoms. The van der Waals surface area contributed by atoms with Crippen LogP contribution in [0.1, 0.15) is 12.5 Å². The highest BCUT2D eigenvalue weighted by atomic mass is 32.2. The molecule has 1 N–H and O–H groups in total. The van der Waals surface area contributed by atoms with Gasteiger partial charge in [0.2, 0.25) is 10.0 Å². The van der Waals surface area contributed by atoms with Crippen molar-refractivity contribution in [1.29, 1.82) is 0 Å². The molecule has 2 heterocycles. The van der Waals surface area contributed by atoms with Gasteiger partial charge in [-0.2, -0.15) is 4.31 Å². The number of pyridine rings is 1. The van der Waals surface area contributed by atoms with Crippen LogP contribution in [0.15, 0.2) is 23.4 Å². The molecule has 0 aromatic carbocycles. The Bertz CT molecular complexity index is 664. The highest BCUT2D eigenvalue weighted by Gasteiger charge is 2.31. The van der Waals surface area contributed by atoms with Crippen molar-refractivity contribution in [3.05, 3.63) is 24.0 Å². The van der Waals surface area contributed by atoms with Crippen molar-refractivity contribution < 1.29 is 13.5 Å². The van der Waals surface area contributed by atoms with E-state index in [4.69, 9.17) is 5.11 Å². The first-order chi connectivity index (χ1) is 9.95. The Kier molecular flexibility index (Phi) is 4.96. The van der Waals surface area contributed by atoms with Crippen molar-refractivity contribution in [2.45, 2.75) is 17.9 Å². The molecule has 0 radical (unpaired) electrons. The molecule has 1 atom stereocenters. The fourth-order valence-electron chi connectivity index (χ4n) is 2.15. The van der Waals surface area contributed by atoms with Crippen LogP contribution in [0.25, 0.3) is 0 Å². The largest absolute Gasteiger partial charge is 0.384 e. The van der Waals surface area contributed by atoms with Crippen molar-refractivity contribution in [3.63, 3.8) is 0 Å². The molecule has 1 aliphatic heterocycles. The summed E-state index contributed by atoms with van der Waals surface area (Å²) in [4.78, 5) is 6.21. The zero-order valence-corrected chi connectivity index (χ0v) is 13.0. The number of hydrogen-bond acceptors (Lipinski definition) is 5. The van der Waals surface area contributed by atoms with Gasteiger partial charge in [-0.15, -0.1) is 0 Å². The van der Waals surface area contributed by atoms with E-state index in [9.17, 15) is 8.42 Å². The van der Waals surface area contributed by atoms with E-state index in [1.54, 1.807) is 0 Å². The number of aromatic nitrogens is 1. The Morgan fingerprint density at radius 1 is 1.43 bits per heavy atom. The lowest BCUT2D eigenvalue weighted by Gasteiger charge is -2.36. The topological polar surface area (TPSA) is 73.7 Å². The number of aliphatic hydroxyl groups is 1. The summed E-state index contributed by atoms with van der Waals surface area (Å²) in [6.45, 7) is 3.37. The number of aliphatic hydroxyl groups excluding tert-OH is 1. The second-order valence-electron chi connectivity index (χ2n) is 5.06. The van der Waals surface area contributed by atoms with Crippen LogP contribution in [0.4, 0.5) is 0 Å². The monoisotopic (exact) mass is 309 g/mol. The van der Waals surface area contributed by atoms with Crippen LogP contribution in [0.5, 0.6) is 0 Å². The first-order valence-electron chi connectivity index (χ1n) is 6.70. The van der Waals surface area contributed by atoms with Crippen molar-refractivity contribution >= 4 is 10.0 Å². The number of sulfonamides is 1. The molecule has 1 fully saturated rings. The van der Waals surface area contributed by atoms with Crippen LogP contribution in [-0.4, -0.2) is 67.0 Å². The summed E-state index contributed by atoms with van der Waals surface area (Å²) < 4.78 is 26.8. The molecule has 0 aliphatic carbocycles. The zero-order chi connectivity index (χ0) is 15.5. The first-order valence-corrected chi connectivity index (χ1v) is 8.14. The van der Waals surface area contributed by atoms with E-state index in [2.05, 4.69) is 21.7 Å². The third-order valence-corrected chi connectivity index (χ3v) is 5.42. The van der Waals surface area contributed by atoms with E-state index in [1.165, 1.54) is 22.8 Å². The lowest BCUT2D eigenvalue weighted by Crippen LogP contribution is -2.51. The van der Waals surface area contributed by atoms with Gasteiger partial charge in [0.1, 0.15) is 11.5 Å². The summed E-state index contributed by atoms with van der Waals surface area (Å²) in [5.74, 6) is 5.16. The molecule has 114 valence electrons. The Morgan fingerprint density at radius 3 is 2.86 bits per heavy atom. The molecule has 2 rings (SSSR count). The van der Waals surface area contributed by atoms with Crippen LogP contribution in [-0.2, 0) is 10.0 Å². The summed E-state index contributed by atoms with van der Waals surface area (Å²) in [6.07, 6.45) is 2.82. The zero-order valence-electron chi connectivity index (χ0n) is 12.2. The summed E-state index contributed by atoms with van der Waals surface area (Å²) >= 11 is 0. The molecule has 1 unspecified atom stereocenters. The maximum Gasteiger partial charge on any atom is 0.244 e. The molecule has 0 bridgehead atoms. The SMILES string of the molecule is CC1CN(S(=O)(=O)c2cncc(C#CCO)c2)CCN1C. The molecule has 0 saturated carbocycles. The van der Waals surface area contributed by atoms with Gasteiger partial charge in [0.15, 0.2) is 0 Å². The van der Waals surface area contributed by atoms with Gasteiger partial charge in [0.05, 0.1) is 0 Å². The second-order valence-corrected chi connectivity index (χ2v) is 7.00. The molecular formula is C14H19N3O3S. The predicted octanol–water partition coefficient (Wildman–Crippen LogP) is -0.250. The normalized spacial score (nSPS) is 20.8. The fraction of sp³-hybridized carbons (Fsp3) is 0.500. The number of rotatable bonds is 2. The van der Waals surface area contributed by atoms with Crippen LogP contribution in [0, 0.1) is 11.8 Å². The van der Waals surface area contributed by atoms with Gasteiger partial charge in [0.25, 0.3) is 0 Å². The fourth-order valence-corrected chi connectivity index (χ4v) is 3.65. The molecule has 0 spiro atoms. The lowest BCUT2D eigenvalue weighted by molar-refractivity contribution is 0.159. The summed E-state index contributed by atoms with van der Waals surface area (Å²) in [7, 11) is -1.56. The van der Waals surface area contributed by atoms with Crippen molar-refractivity contribution in [3.8, 4) is 11.8 Å². The third kappa shape index (κ3) is 3.60. The average molecular weight is 309 g/mol. The number of nitrogens with zero attached hydrogens (tertiary/aromatic N) is 3. The van der Waals surface area contributed by atoms with Crippen LogP contribution in [0.3, 0.4) is 0 Å². The first kappa shape index (κ1) is 15.9. The van der Waals surface area contributed by atoms with Gasteiger partial charge in [-0.3, -0.25) is 4.98 Å². The number of hydrogen-bond donors (Lipinski definition) is 1. The highest BCUT2D eigenvalue weighted by Crippen LogP contribution is 2.19. The molecule has 6 nitrogen and oxygen atoms in total. The van der Waals surface area contributed by atoms with Gasteiger partial charge in [-0.25, -0.2) is 8.42 Å². The lowest BCUT2D eigenvalue weighted by atomic mass is 10.2. The molecule has 1 aromatic rings. The minimum atomic E-state index is -3.55. The maximum absolute atomic E-state index is 12.6. The minimum absolute atomic E-state index is 0.143. The van der Waals surface area contributed by atoms with Crippen LogP contribution >= 0.6 is 0 Å². The summed E-state index contributed by atoms with van der Waals surface area (Å²) in [6, 6.07) is 1.67. The number of likely N-dealkylation sites (N-methyl/N-ethyl adjacent to an activating group) is 1. The molecule has 21 heavy (non-hydrogen) atoms. The molecule has 1 aliphatic rings. The maximum atomic E-state index is 12.6. The second kappa shape index (κ2) is 6.54. The standard InChI is InChI=1S/C14H19N3O3S/c1-12-11-17(6-5-16(12)2)21(19,20)14-8-13(4-3-7-18)9-15-10-14/h8-10,12,18H,5-7,11H2,1-2H3. The molecule has 1 aromatic heterocycles. The third-order valence-electron chi connectivity index (χ3n) is 3.59. The van der Waals surface area contributed by atoms with Gasteiger partial charge in [0, 0.05) is 43.6 Å². The predicted molar refractivity (Wildman–Crippen MR) is 79.1 cm³/mol. The molecular weight excluding hydrogens is 290 g/mol. The Balaban J connectivity index is 2.27. The van der Waals surface area contributed by atoms with Gasteiger partial charge >= 0.3 is 0 Å². The highest BCUT2D eigenvalue weighted by molar-refractivity contribution is 7.89. The van der Waals surface area contributed by atoms with Gasteiger partial charge in [-0.05, 0) is 20.0 Å². The Morgan fingerprint density at radius 2 is 2.19 bits per heavy atom. The average Bonchev–Trinajstić information content (AvgIpc) is 2.48. The van der Waals surface area contributed by atoms with E-state index >= 15 is 0 Å². The minimum Gasteiger partial charge on any atom is -0.384 e. The Labute approximate surface area is 125 Å². The van der Waals surface area contributed by atoms with Crippen molar-refractivity contribution in [2.75, 3.05) is 33.3 Å². The molecule has 1 saturated heterocycles. The quantitative estimate of drug-likeness (QED) is 0.763. The van der Waals surface area contributed by atoms with Crippen molar-refractivity contribution in [2.24, 2.45) is 0 Å². The van der Waals surface area contributed by atoms with E-state index in [0.717, 1.165) is 0 Å². The smallest absolute Gasteiger partial charge is 0.244 e.